The number of rotatable bonds is 9. The highest BCUT2D eigenvalue weighted by atomic mass is 19.4. The molecule has 0 aliphatic carbocycles. The molecule has 1 aromatic carbocycles. The summed E-state index contributed by atoms with van der Waals surface area (Å²) in [7, 11) is 0. The van der Waals surface area contributed by atoms with Gasteiger partial charge in [-0.2, -0.15) is 18.4 Å². The monoisotopic (exact) mass is 655 g/mol. The van der Waals surface area contributed by atoms with Crippen LogP contribution in [0.25, 0.3) is 0 Å². The van der Waals surface area contributed by atoms with E-state index < -0.39 is 35.2 Å². The number of hydrogen-bond donors (Lipinski definition) is 2. The van der Waals surface area contributed by atoms with Gasteiger partial charge in [0.05, 0.1) is 22.9 Å². The molecule has 2 fully saturated rings. The van der Waals surface area contributed by atoms with Gasteiger partial charge in [0.1, 0.15) is 5.82 Å². The van der Waals surface area contributed by atoms with Gasteiger partial charge in [-0.1, -0.05) is 18.9 Å². The minimum atomic E-state index is -4.77. The third-order valence-electron chi connectivity index (χ3n) is 8.51. The number of carbonyl (C=O) groups excluding carboxylic acids is 2. The average Bonchev–Trinajstić information content (AvgIpc) is 3.29. The maximum absolute atomic E-state index is 13.4. The van der Waals surface area contributed by atoms with Gasteiger partial charge in [-0.15, -0.1) is 0 Å². The van der Waals surface area contributed by atoms with Crippen LogP contribution < -0.4 is 15.1 Å². The average molecular weight is 656 g/mol. The molecule has 0 bridgehead atoms. The molecule has 47 heavy (non-hydrogen) atoms. The van der Waals surface area contributed by atoms with Crippen LogP contribution in [0, 0.1) is 11.3 Å². The number of anilines is 2. The van der Waals surface area contributed by atoms with Gasteiger partial charge in [-0.3, -0.25) is 14.5 Å². The quantitative estimate of drug-likeness (QED) is 0.296. The van der Waals surface area contributed by atoms with E-state index in [-0.39, 0.29) is 11.3 Å². The molecule has 14 heteroatoms. The second-order valence-corrected chi connectivity index (χ2v) is 11.6. The van der Waals surface area contributed by atoms with E-state index in [1.165, 1.54) is 24.0 Å². The largest absolute Gasteiger partial charge is 0.465 e. The van der Waals surface area contributed by atoms with Gasteiger partial charge in [0.2, 0.25) is 0 Å². The number of nitrogens with one attached hydrogen (secondary N) is 1. The van der Waals surface area contributed by atoms with Gasteiger partial charge in [0, 0.05) is 69.7 Å². The number of alkyl halides is 3. The van der Waals surface area contributed by atoms with Gasteiger partial charge in [0.25, 0.3) is 11.8 Å². The lowest BCUT2D eigenvalue weighted by Crippen LogP contribution is -2.46. The molecule has 0 spiro atoms. The number of unbranched alkanes of at least 4 members (excludes halogenated alkanes) is 3. The maximum Gasteiger partial charge on any atom is 0.417 e. The third kappa shape index (κ3) is 9.30. The van der Waals surface area contributed by atoms with Crippen molar-refractivity contribution in [3.63, 3.8) is 0 Å². The van der Waals surface area contributed by atoms with E-state index in [4.69, 9.17) is 10.4 Å². The number of aromatic nitrogens is 1. The van der Waals surface area contributed by atoms with Crippen LogP contribution >= 0.6 is 0 Å². The van der Waals surface area contributed by atoms with Crippen LogP contribution in [0.5, 0.6) is 0 Å². The summed E-state index contributed by atoms with van der Waals surface area (Å²) >= 11 is 0. The number of carbonyl (C=O) groups is 3. The first-order chi connectivity index (χ1) is 22.5. The summed E-state index contributed by atoms with van der Waals surface area (Å²) < 4.78 is 40.1. The summed E-state index contributed by atoms with van der Waals surface area (Å²) in [5.41, 5.74) is -1.29. The van der Waals surface area contributed by atoms with Crippen molar-refractivity contribution in [2.45, 2.75) is 45.2 Å². The van der Waals surface area contributed by atoms with Gasteiger partial charge < -0.3 is 20.2 Å². The number of nitriles is 1. The molecule has 1 aromatic heterocycles. The summed E-state index contributed by atoms with van der Waals surface area (Å²) in [5.74, 6) is -0.195. The zero-order chi connectivity index (χ0) is 34.0. The van der Waals surface area contributed by atoms with Crippen LogP contribution in [0.4, 0.5) is 29.5 Å². The lowest BCUT2D eigenvalue weighted by molar-refractivity contribution is -0.138. The molecule has 4 heterocycles. The topological polar surface area (TPSA) is 133 Å². The molecule has 3 aliphatic heterocycles. The minimum Gasteiger partial charge on any atom is -0.465 e. The molecule has 3 aliphatic rings. The van der Waals surface area contributed by atoms with Crippen LogP contribution in [0.2, 0.25) is 0 Å². The highest BCUT2D eigenvalue weighted by Gasteiger charge is 2.39. The lowest BCUT2D eigenvalue weighted by Gasteiger charge is -2.35. The molecule has 252 valence electrons. The Morgan fingerprint density at radius 3 is 2.28 bits per heavy atom. The molecular formula is C33H40F3N7O4. The SMILES string of the molecule is CC1=C(CCCCCCN2CCN(c3ccccn3)CC2)C(=O)N(c2ccc(C#N)c(C(F)(F)F)c2)C1=O.O=C(O)N1CCNCC1. The summed E-state index contributed by atoms with van der Waals surface area (Å²) in [6.45, 7) is 9.21. The number of amides is 3. The molecule has 0 radical (unpaired) electrons. The summed E-state index contributed by atoms with van der Waals surface area (Å²) in [6, 6.07) is 10.3. The summed E-state index contributed by atoms with van der Waals surface area (Å²) in [5, 5.41) is 20.5. The Hall–Kier alpha value is -4.48. The number of halogens is 3. The molecule has 0 atom stereocenters. The number of carboxylic acid groups (broad SMARTS) is 1. The number of nitrogens with zero attached hydrogens (tertiary/aromatic N) is 6. The molecular weight excluding hydrogens is 615 g/mol. The van der Waals surface area contributed by atoms with E-state index in [1.54, 1.807) is 0 Å². The van der Waals surface area contributed by atoms with Crippen molar-refractivity contribution in [1.29, 1.82) is 5.26 Å². The zero-order valence-electron chi connectivity index (χ0n) is 26.4. The van der Waals surface area contributed by atoms with Crippen molar-refractivity contribution in [3.05, 3.63) is 64.9 Å². The molecule has 2 saturated heterocycles. The molecule has 0 saturated carbocycles. The molecule has 5 rings (SSSR count). The van der Waals surface area contributed by atoms with Gasteiger partial charge in [-0.05, 0) is 63.1 Å². The van der Waals surface area contributed by atoms with Crippen LogP contribution in [-0.2, 0) is 15.8 Å². The normalized spacial score (nSPS) is 17.5. The Bertz CT molecular complexity index is 1480. The fourth-order valence-corrected chi connectivity index (χ4v) is 5.80. The molecule has 11 nitrogen and oxygen atoms in total. The first-order valence-corrected chi connectivity index (χ1v) is 15.8. The Morgan fingerprint density at radius 2 is 1.68 bits per heavy atom. The number of piperazine rings is 2. The smallest absolute Gasteiger partial charge is 0.417 e. The number of benzene rings is 1. The zero-order valence-corrected chi connectivity index (χ0v) is 26.4. The Balaban J connectivity index is 0.000000479. The fourth-order valence-electron chi connectivity index (χ4n) is 5.80. The van der Waals surface area contributed by atoms with Crippen LogP contribution in [0.1, 0.15) is 50.2 Å². The van der Waals surface area contributed by atoms with Gasteiger partial charge in [0.15, 0.2) is 0 Å². The van der Waals surface area contributed by atoms with E-state index in [0.29, 0.717) is 37.6 Å². The second-order valence-electron chi connectivity index (χ2n) is 11.6. The molecule has 3 amide bonds. The van der Waals surface area contributed by atoms with E-state index in [0.717, 1.165) is 81.9 Å². The summed E-state index contributed by atoms with van der Waals surface area (Å²) in [6.07, 6.45) is 0.257. The predicted molar refractivity (Wildman–Crippen MR) is 170 cm³/mol. The van der Waals surface area contributed by atoms with Crippen LogP contribution in [0.3, 0.4) is 0 Å². The Labute approximate surface area is 272 Å². The van der Waals surface area contributed by atoms with Crippen molar-refractivity contribution < 1.29 is 32.7 Å². The predicted octanol–water partition coefficient (Wildman–Crippen LogP) is 4.50. The lowest BCUT2D eigenvalue weighted by atomic mass is 10.0. The van der Waals surface area contributed by atoms with E-state index in [9.17, 15) is 27.6 Å². The van der Waals surface area contributed by atoms with E-state index >= 15 is 0 Å². The standard InChI is InChI=1S/C28H30F3N5O2.C5H10N2O2/c1-20-23(27(38)36(26(20)37)22-11-10-21(19-32)24(18-22)28(29,30)31)8-4-2-3-7-13-34-14-16-35(17-15-34)25-9-5-6-12-33-25;8-5(9)7-3-1-6-2-4-7/h5-6,9-12,18H,2-4,7-8,13-17H2,1H3;6H,1-4H2,(H,8,9). The highest BCUT2D eigenvalue weighted by Crippen LogP contribution is 2.37. The Morgan fingerprint density at radius 1 is 0.979 bits per heavy atom. The van der Waals surface area contributed by atoms with Gasteiger partial charge >= 0.3 is 12.3 Å². The molecule has 0 unspecified atom stereocenters. The Kier molecular flexibility index (Phi) is 12.3. The van der Waals surface area contributed by atoms with Crippen LogP contribution in [-0.4, -0.2) is 96.7 Å². The number of hydrogen-bond acceptors (Lipinski definition) is 8. The van der Waals surface area contributed by atoms with Gasteiger partial charge in [-0.25, -0.2) is 14.7 Å². The van der Waals surface area contributed by atoms with Crippen LogP contribution in [0.15, 0.2) is 53.7 Å². The number of pyridine rings is 1. The fraction of sp³-hybridized carbons (Fsp3) is 0.485. The van der Waals surface area contributed by atoms with Crippen molar-refractivity contribution in [2.75, 3.05) is 68.7 Å². The first kappa shape index (κ1) is 35.4. The second kappa shape index (κ2) is 16.4. The number of imide groups is 1. The molecule has 2 N–H and O–H groups in total. The summed E-state index contributed by atoms with van der Waals surface area (Å²) in [4.78, 5) is 47.3. The minimum absolute atomic E-state index is 0.177. The molecule has 2 aromatic rings. The first-order valence-electron chi connectivity index (χ1n) is 15.8. The van der Waals surface area contributed by atoms with Crippen molar-refractivity contribution in [3.8, 4) is 6.07 Å². The maximum atomic E-state index is 13.4. The van der Waals surface area contributed by atoms with Crippen molar-refractivity contribution in [2.24, 2.45) is 0 Å². The highest BCUT2D eigenvalue weighted by molar-refractivity contribution is 6.32. The van der Waals surface area contributed by atoms with E-state index in [2.05, 4.69) is 20.1 Å². The van der Waals surface area contributed by atoms with Crippen molar-refractivity contribution in [1.82, 2.24) is 20.1 Å². The van der Waals surface area contributed by atoms with Crippen molar-refractivity contribution >= 4 is 29.4 Å². The third-order valence-corrected chi connectivity index (χ3v) is 8.51. The van der Waals surface area contributed by atoms with E-state index in [1.807, 2.05) is 24.4 Å².